The Morgan fingerprint density at radius 2 is 1.92 bits per heavy atom. The number of aryl methyl sites for hydroxylation is 1. The van der Waals surface area contributed by atoms with Gasteiger partial charge in [0.2, 0.25) is 5.91 Å². The average molecular weight is 358 g/mol. The zero-order valence-corrected chi connectivity index (χ0v) is 15.9. The molecule has 0 aliphatic heterocycles. The first-order chi connectivity index (χ1) is 12.5. The molecule has 5 nitrogen and oxygen atoms in total. The molecule has 0 unspecified atom stereocenters. The second kappa shape index (κ2) is 10.6. The fraction of sp³-hybridized carbons (Fsp3) is 0.524. The number of nitrogens with zero attached hydrogens (tertiary/aromatic N) is 1. The molecule has 1 aliphatic rings. The highest BCUT2D eigenvalue weighted by atomic mass is 16.5. The number of rotatable bonds is 9. The van der Waals surface area contributed by atoms with Gasteiger partial charge in [0.05, 0.1) is 0 Å². The Labute approximate surface area is 156 Å². The van der Waals surface area contributed by atoms with E-state index in [1.165, 1.54) is 18.4 Å². The molecule has 5 heteroatoms. The van der Waals surface area contributed by atoms with Crippen molar-refractivity contribution in [3.05, 3.63) is 41.5 Å². The van der Waals surface area contributed by atoms with E-state index < -0.39 is 0 Å². The number of hydrogen-bond acceptors (Lipinski definition) is 3. The maximum atomic E-state index is 11.9. The van der Waals surface area contributed by atoms with Crippen molar-refractivity contribution in [2.24, 2.45) is 0 Å². The van der Waals surface area contributed by atoms with Gasteiger partial charge in [-0.1, -0.05) is 29.3 Å². The molecule has 2 rings (SSSR count). The molecule has 0 saturated heterocycles. The van der Waals surface area contributed by atoms with Crippen molar-refractivity contribution in [3.8, 4) is 5.75 Å². The van der Waals surface area contributed by atoms with E-state index >= 15 is 0 Å². The molecule has 0 fully saturated rings. The lowest BCUT2D eigenvalue weighted by Gasteiger charge is -2.23. The number of amides is 2. The number of allylic oxidation sites excluding steroid dienone is 1. The maximum Gasteiger partial charge on any atom is 0.258 e. The number of hydrogen-bond donors (Lipinski definition) is 1. The Kier molecular flexibility index (Phi) is 8.19. The zero-order valence-electron chi connectivity index (χ0n) is 15.9. The van der Waals surface area contributed by atoms with Crippen LogP contribution in [0.1, 0.15) is 44.6 Å². The van der Waals surface area contributed by atoms with E-state index in [1.54, 1.807) is 11.8 Å². The highest BCUT2D eigenvalue weighted by molar-refractivity contribution is 5.77. The third-order valence-corrected chi connectivity index (χ3v) is 4.63. The van der Waals surface area contributed by atoms with Crippen LogP contribution in [0.3, 0.4) is 0 Å². The van der Waals surface area contributed by atoms with Gasteiger partial charge in [-0.25, -0.2) is 0 Å². The number of carbonyl (C=O) groups is 2. The van der Waals surface area contributed by atoms with Crippen molar-refractivity contribution < 1.29 is 14.3 Å². The van der Waals surface area contributed by atoms with Crippen LogP contribution < -0.4 is 10.1 Å². The minimum atomic E-state index is -0.177. The van der Waals surface area contributed by atoms with Gasteiger partial charge in [0.1, 0.15) is 5.75 Å². The smallest absolute Gasteiger partial charge is 0.258 e. The molecule has 2 amide bonds. The molecular formula is C21H30N2O3. The first-order valence-corrected chi connectivity index (χ1v) is 9.44. The van der Waals surface area contributed by atoms with Crippen LogP contribution in [0.15, 0.2) is 35.9 Å². The molecule has 1 aromatic rings. The molecular weight excluding hydrogens is 328 g/mol. The summed E-state index contributed by atoms with van der Waals surface area (Å²) in [6, 6.07) is 7.58. The van der Waals surface area contributed by atoms with E-state index in [9.17, 15) is 9.59 Å². The Morgan fingerprint density at radius 1 is 1.15 bits per heavy atom. The summed E-state index contributed by atoms with van der Waals surface area (Å²) in [4.78, 5) is 25.5. The second-order valence-corrected chi connectivity index (χ2v) is 6.82. The van der Waals surface area contributed by atoms with Gasteiger partial charge in [-0.2, -0.15) is 0 Å². The molecule has 1 aromatic carbocycles. The molecule has 0 spiro atoms. The fourth-order valence-electron chi connectivity index (χ4n) is 3.00. The second-order valence-electron chi connectivity index (χ2n) is 6.82. The maximum absolute atomic E-state index is 11.9. The Bertz CT molecular complexity index is 623. The van der Waals surface area contributed by atoms with Crippen LogP contribution in [0, 0.1) is 6.92 Å². The van der Waals surface area contributed by atoms with E-state index in [1.807, 2.05) is 31.2 Å². The van der Waals surface area contributed by atoms with Crippen LogP contribution in [0.4, 0.5) is 0 Å². The number of ether oxygens (including phenoxy) is 1. The van der Waals surface area contributed by atoms with Crippen molar-refractivity contribution in [1.29, 1.82) is 0 Å². The average Bonchev–Trinajstić information content (AvgIpc) is 2.64. The predicted octanol–water partition coefficient (Wildman–Crippen LogP) is 3.23. The summed E-state index contributed by atoms with van der Waals surface area (Å²) in [6.45, 7) is 5.25. The largest absolute Gasteiger partial charge is 0.484 e. The number of carbonyl (C=O) groups excluding carboxylic acids is 2. The van der Waals surface area contributed by atoms with Crippen molar-refractivity contribution in [2.75, 3.05) is 26.2 Å². The third kappa shape index (κ3) is 7.30. The van der Waals surface area contributed by atoms with Crippen molar-refractivity contribution in [3.63, 3.8) is 0 Å². The van der Waals surface area contributed by atoms with Crippen LogP contribution in [0.25, 0.3) is 0 Å². The standard InChI is InChI=1S/C21H30N2O3/c1-17-8-10-20(11-9-17)26-16-21(25)22-13-15-23(18(2)24)14-12-19-6-4-3-5-7-19/h6,8-11H,3-5,7,12-16H2,1-2H3,(H,22,25). The quantitative estimate of drug-likeness (QED) is 0.690. The third-order valence-electron chi connectivity index (χ3n) is 4.63. The van der Waals surface area contributed by atoms with Gasteiger partial charge in [0.15, 0.2) is 6.61 Å². The van der Waals surface area contributed by atoms with Gasteiger partial charge in [-0.3, -0.25) is 9.59 Å². The van der Waals surface area contributed by atoms with E-state index in [-0.39, 0.29) is 18.4 Å². The van der Waals surface area contributed by atoms with Gasteiger partial charge >= 0.3 is 0 Å². The zero-order chi connectivity index (χ0) is 18.8. The van der Waals surface area contributed by atoms with E-state index in [2.05, 4.69) is 11.4 Å². The lowest BCUT2D eigenvalue weighted by molar-refractivity contribution is -0.129. The summed E-state index contributed by atoms with van der Waals surface area (Å²) in [5, 5.41) is 2.82. The minimum absolute atomic E-state index is 0.0178. The molecule has 0 saturated carbocycles. The van der Waals surface area contributed by atoms with Crippen LogP contribution in [-0.4, -0.2) is 43.0 Å². The SMILES string of the molecule is CC(=O)N(CCNC(=O)COc1ccc(C)cc1)CCC1=CCCCC1. The van der Waals surface area contributed by atoms with Crippen LogP contribution in [-0.2, 0) is 9.59 Å². The summed E-state index contributed by atoms with van der Waals surface area (Å²) in [5.41, 5.74) is 2.60. The summed E-state index contributed by atoms with van der Waals surface area (Å²) in [5.74, 6) is 0.549. The first-order valence-electron chi connectivity index (χ1n) is 9.44. The highest BCUT2D eigenvalue weighted by Gasteiger charge is 2.11. The van der Waals surface area contributed by atoms with Crippen molar-refractivity contribution in [2.45, 2.75) is 46.0 Å². The minimum Gasteiger partial charge on any atom is -0.484 e. The summed E-state index contributed by atoms with van der Waals surface area (Å²) in [7, 11) is 0. The molecule has 0 atom stereocenters. The molecule has 0 heterocycles. The molecule has 1 N–H and O–H groups in total. The first kappa shape index (κ1) is 20.0. The molecule has 0 aromatic heterocycles. The van der Waals surface area contributed by atoms with Gasteiger partial charge < -0.3 is 15.0 Å². The van der Waals surface area contributed by atoms with Crippen molar-refractivity contribution in [1.82, 2.24) is 10.2 Å². The van der Waals surface area contributed by atoms with Gasteiger partial charge in [-0.15, -0.1) is 0 Å². The Balaban J connectivity index is 1.66. The predicted molar refractivity (Wildman–Crippen MR) is 103 cm³/mol. The molecule has 0 radical (unpaired) electrons. The van der Waals surface area contributed by atoms with Crippen molar-refractivity contribution >= 4 is 11.8 Å². The van der Waals surface area contributed by atoms with Crippen LogP contribution in [0.5, 0.6) is 5.75 Å². The van der Waals surface area contributed by atoms with Crippen LogP contribution >= 0.6 is 0 Å². The monoisotopic (exact) mass is 358 g/mol. The Hall–Kier alpha value is -2.30. The number of benzene rings is 1. The molecule has 0 bridgehead atoms. The normalized spacial score (nSPS) is 13.7. The van der Waals surface area contributed by atoms with E-state index in [0.29, 0.717) is 18.8 Å². The van der Waals surface area contributed by atoms with Crippen LogP contribution in [0.2, 0.25) is 0 Å². The summed E-state index contributed by atoms with van der Waals surface area (Å²) < 4.78 is 5.45. The van der Waals surface area contributed by atoms with E-state index in [4.69, 9.17) is 4.74 Å². The summed E-state index contributed by atoms with van der Waals surface area (Å²) >= 11 is 0. The lowest BCUT2D eigenvalue weighted by Crippen LogP contribution is -2.39. The topological polar surface area (TPSA) is 58.6 Å². The highest BCUT2D eigenvalue weighted by Crippen LogP contribution is 2.20. The lowest BCUT2D eigenvalue weighted by atomic mass is 9.97. The van der Waals surface area contributed by atoms with Gasteiger partial charge in [0, 0.05) is 26.6 Å². The summed E-state index contributed by atoms with van der Waals surface area (Å²) in [6.07, 6.45) is 8.08. The van der Waals surface area contributed by atoms with Gasteiger partial charge in [-0.05, 0) is 51.2 Å². The van der Waals surface area contributed by atoms with E-state index in [0.717, 1.165) is 31.4 Å². The molecule has 1 aliphatic carbocycles. The Morgan fingerprint density at radius 3 is 2.58 bits per heavy atom. The number of nitrogens with one attached hydrogen (secondary N) is 1. The van der Waals surface area contributed by atoms with Gasteiger partial charge in [0.25, 0.3) is 5.91 Å². The fourth-order valence-corrected chi connectivity index (χ4v) is 3.00. The molecule has 142 valence electrons. The molecule has 26 heavy (non-hydrogen) atoms.